The van der Waals surface area contributed by atoms with Crippen LogP contribution in [0.15, 0.2) is 24.3 Å². The van der Waals surface area contributed by atoms with Crippen molar-refractivity contribution >= 4 is 11.9 Å². The Kier molecular flexibility index (Phi) is 5.28. The van der Waals surface area contributed by atoms with Crippen LogP contribution >= 0.6 is 0 Å². The Bertz CT molecular complexity index is 569. The second-order valence-electron chi connectivity index (χ2n) is 5.72. The van der Waals surface area contributed by atoms with Crippen LogP contribution in [0.5, 0.6) is 0 Å². The predicted octanol–water partition coefficient (Wildman–Crippen LogP) is 3.43. The number of benzene rings is 1. The van der Waals surface area contributed by atoms with E-state index in [-0.39, 0.29) is 11.5 Å². The van der Waals surface area contributed by atoms with Gasteiger partial charge in [0.15, 0.2) is 0 Å². The van der Waals surface area contributed by atoms with Gasteiger partial charge in [0.2, 0.25) is 5.91 Å². The lowest BCUT2D eigenvalue weighted by atomic mass is 9.90. The van der Waals surface area contributed by atoms with Gasteiger partial charge in [-0.2, -0.15) is 13.2 Å². The van der Waals surface area contributed by atoms with Crippen molar-refractivity contribution in [3.63, 3.8) is 0 Å². The molecule has 1 amide bonds. The molecule has 1 heterocycles. The van der Waals surface area contributed by atoms with Crippen molar-refractivity contribution in [2.75, 3.05) is 13.1 Å². The van der Waals surface area contributed by atoms with Crippen LogP contribution in [0.4, 0.5) is 13.2 Å². The van der Waals surface area contributed by atoms with Crippen LogP contribution in [0.25, 0.3) is 0 Å². The van der Waals surface area contributed by atoms with Crippen molar-refractivity contribution in [2.24, 2.45) is 0 Å². The first-order valence-electron chi connectivity index (χ1n) is 7.44. The molecule has 1 aliphatic heterocycles. The average molecular weight is 329 g/mol. The van der Waals surface area contributed by atoms with E-state index in [1.165, 1.54) is 17.0 Å². The summed E-state index contributed by atoms with van der Waals surface area (Å²) in [5.74, 6) is -1.46. The molecule has 0 radical (unpaired) electrons. The monoisotopic (exact) mass is 329 g/mol. The highest BCUT2D eigenvalue weighted by molar-refractivity contribution is 5.87. The van der Waals surface area contributed by atoms with Crippen molar-refractivity contribution in [1.82, 2.24) is 4.90 Å². The maximum absolute atomic E-state index is 12.2. The number of alkyl halides is 3. The van der Waals surface area contributed by atoms with Gasteiger partial charge in [0.1, 0.15) is 0 Å². The lowest BCUT2D eigenvalue weighted by Crippen LogP contribution is -2.39. The number of amides is 1. The fourth-order valence-corrected chi connectivity index (χ4v) is 2.78. The van der Waals surface area contributed by atoms with Crippen molar-refractivity contribution in [2.45, 2.75) is 37.8 Å². The summed E-state index contributed by atoms with van der Waals surface area (Å²) in [6.07, 6.45) is -4.38. The molecule has 0 aromatic heterocycles. The summed E-state index contributed by atoms with van der Waals surface area (Å²) in [5.41, 5.74) is 1.09. The zero-order valence-electron chi connectivity index (χ0n) is 12.5. The number of carbonyl (C=O) groups is 2. The van der Waals surface area contributed by atoms with Crippen molar-refractivity contribution < 1.29 is 27.9 Å². The topological polar surface area (TPSA) is 57.6 Å². The number of piperidine rings is 1. The largest absolute Gasteiger partial charge is 0.478 e. The number of hydrogen-bond acceptors (Lipinski definition) is 2. The smallest absolute Gasteiger partial charge is 0.389 e. The summed E-state index contributed by atoms with van der Waals surface area (Å²) in [7, 11) is 0. The molecule has 0 unspecified atom stereocenters. The molecule has 0 spiro atoms. The molecule has 0 aliphatic carbocycles. The lowest BCUT2D eigenvalue weighted by molar-refractivity contribution is -0.149. The van der Waals surface area contributed by atoms with E-state index in [9.17, 15) is 22.8 Å². The Morgan fingerprint density at radius 1 is 1.22 bits per heavy atom. The maximum Gasteiger partial charge on any atom is 0.389 e. The predicted molar refractivity (Wildman–Crippen MR) is 77.2 cm³/mol. The first-order valence-corrected chi connectivity index (χ1v) is 7.44. The third-order valence-corrected chi connectivity index (χ3v) is 4.03. The highest BCUT2D eigenvalue weighted by Gasteiger charge is 2.31. The zero-order valence-corrected chi connectivity index (χ0v) is 12.5. The number of carboxylic acid groups (broad SMARTS) is 1. The van der Waals surface area contributed by atoms with E-state index in [1.54, 1.807) is 12.1 Å². The van der Waals surface area contributed by atoms with Gasteiger partial charge in [-0.3, -0.25) is 4.79 Å². The summed E-state index contributed by atoms with van der Waals surface area (Å²) >= 11 is 0. The van der Waals surface area contributed by atoms with E-state index in [2.05, 4.69) is 0 Å². The molecule has 1 atom stereocenters. The van der Waals surface area contributed by atoms with Gasteiger partial charge in [-0.1, -0.05) is 12.1 Å². The van der Waals surface area contributed by atoms with Crippen LogP contribution in [-0.2, 0) is 4.79 Å². The molecule has 1 fully saturated rings. The Morgan fingerprint density at radius 3 is 2.43 bits per heavy atom. The molecule has 1 N–H and O–H groups in total. The zero-order chi connectivity index (χ0) is 17.0. The van der Waals surface area contributed by atoms with Gasteiger partial charge in [0.25, 0.3) is 0 Å². The Labute approximate surface area is 131 Å². The van der Waals surface area contributed by atoms with Gasteiger partial charge in [-0.15, -0.1) is 0 Å². The number of nitrogens with zero attached hydrogens (tertiary/aromatic N) is 1. The van der Waals surface area contributed by atoms with Crippen molar-refractivity contribution in [1.29, 1.82) is 0 Å². The van der Waals surface area contributed by atoms with E-state index in [4.69, 9.17) is 5.11 Å². The quantitative estimate of drug-likeness (QED) is 0.921. The molecular weight excluding hydrogens is 311 g/mol. The Hall–Kier alpha value is -2.05. The van der Waals surface area contributed by atoms with Gasteiger partial charge < -0.3 is 10.0 Å². The third kappa shape index (κ3) is 4.97. The van der Waals surface area contributed by atoms with E-state index in [0.29, 0.717) is 13.1 Å². The molecule has 126 valence electrons. The first-order chi connectivity index (χ1) is 10.8. The molecule has 1 aromatic rings. The molecule has 0 saturated carbocycles. The number of rotatable bonds is 4. The van der Waals surface area contributed by atoms with Crippen LogP contribution in [-0.4, -0.2) is 41.1 Å². The van der Waals surface area contributed by atoms with Gasteiger partial charge in [0.05, 0.1) is 12.0 Å². The molecule has 0 bridgehead atoms. The minimum atomic E-state index is -4.32. The highest BCUT2D eigenvalue weighted by atomic mass is 19.4. The fraction of sp³-hybridized carbons (Fsp3) is 0.500. The first kappa shape index (κ1) is 17.3. The number of halogens is 3. The highest BCUT2D eigenvalue weighted by Crippen LogP contribution is 2.28. The number of likely N-dealkylation sites (tertiary alicyclic amines) is 1. The van der Waals surface area contributed by atoms with Gasteiger partial charge in [-0.25, -0.2) is 4.79 Å². The average Bonchev–Trinajstić information content (AvgIpc) is 2.52. The van der Waals surface area contributed by atoms with Crippen LogP contribution in [0, 0.1) is 0 Å². The van der Waals surface area contributed by atoms with Crippen LogP contribution in [0.1, 0.15) is 47.5 Å². The van der Waals surface area contributed by atoms with Gasteiger partial charge >= 0.3 is 12.1 Å². The molecule has 1 aliphatic rings. The van der Waals surface area contributed by atoms with Crippen LogP contribution in [0.3, 0.4) is 0 Å². The number of aromatic carboxylic acids is 1. The molecular formula is C16H18F3NO3. The summed E-state index contributed by atoms with van der Waals surface area (Å²) < 4.78 is 36.6. The minimum absolute atomic E-state index is 0.0291. The second-order valence-corrected chi connectivity index (χ2v) is 5.72. The molecule has 7 heteroatoms. The molecule has 4 nitrogen and oxygen atoms in total. The maximum atomic E-state index is 12.2. The van der Waals surface area contributed by atoms with Crippen molar-refractivity contribution in [3.05, 3.63) is 35.4 Å². The number of carbonyl (C=O) groups excluding carboxylic acids is 1. The van der Waals surface area contributed by atoms with Crippen LogP contribution in [0.2, 0.25) is 0 Å². The third-order valence-electron chi connectivity index (χ3n) is 4.03. The van der Waals surface area contributed by atoms with E-state index in [1.807, 2.05) is 0 Å². The SMILES string of the molecule is O=C(O)c1ccc([C@@H]2CCCN(C(=O)CCC(F)(F)F)C2)cc1. The van der Waals surface area contributed by atoms with Crippen molar-refractivity contribution in [3.8, 4) is 0 Å². The fourth-order valence-electron chi connectivity index (χ4n) is 2.78. The minimum Gasteiger partial charge on any atom is -0.478 e. The lowest BCUT2D eigenvalue weighted by Gasteiger charge is -2.33. The molecule has 2 rings (SSSR count). The number of carboxylic acids is 1. The van der Waals surface area contributed by atoms with E-state index >= 15 is 0 Å². The van der Waals surface area contributed by atoms with E-state index in [0.717, 1.165) is 18.4 Å². The Morgan fingerprint density at radius 2 is 1.87 bits per heavy atom. The standard InChI is InChI=1S/C16H18F3NO3/c17-16(18,19)8-7-14(21)20-9-1-2-13(10-20)11-3-5-12(6-4-11)15(22)23/h3-6,13H,1-2,7-10H2,(H,22,23)/t13-/m1/s1. The van der Waals surface area contributed by atoms with Gasteiger partial charge in [0, 0.05) is 25.4 Å². The second kappa shape index (κ2) is 7.02. The van der Waals surface area contributed by atoms with Gasteiger partial charge in [-0.05, 0) is 30.5 Å². The molecule has 1 aromatic carbocycles. The molecule has 23 heavy (non-hydrogen) atoms. The summed E-state index contributed by atoms with van der Waals surface area (Å²) in [4.78, 5) is 24.2. The summed E-state index contributed by atoms with van der Waals surface area (Å²) in [5, 5.41) is 8.88. The summed E-state index contributed by atoms with van der Waals surface area (Å²) in [6.45, 7) is 0.851. The Balaban J connectivity index is 1.97. The number of hydrogen-bond donors (Lipinski definition) is 1. The van der Waals surface area contributed by atoms with E-state index < -0.39 is 30.9 Å². The molecule has 1 saturated heterocycles. The normalized spacial score (nSPS) is 18.7. The summed E-state index contributed by atoms with van der Waals surface area (Å²) in [6, 6.07) is 6.42. The van der Waals surface area contributed by atoms with Crippen LogP contribution < -0.4 is 0 Å².